The van der Waals surface area contributed by atoms with Crippen LogP contribution in [0.4, 0.5) is 8.78 Å². The van der Waals surface area contributed by atoms with Crippen LogP contribution < -0.4 is 5.32 Å². The predicted molar refractivity (Wildman–Crippen MR) is 65.2 cm³/mol. The van der Waals surface area contributed by atoms with E-state index in [0.29, 0.717) is 13.1 Å². The second kappa shape index (κ2) is 5.73. The summed E-state index contributed by atoms with van der Waals surface area (Å²) in [6, 6.07) is 6.46. The highest BCUT2D eigenvalue weighted by atomic mass is 19.3. The summed E-state index contributed by atoms with van der Waals surface area (Å²) in [4.78, 5) is 0. The monoisotopic (exact) mass is 251 g/mol. The van der Waals surface area contributed by atoms with Gasteiger partial charge in [-0.3, -0.25) is 4.68 Å². The lowest BCUT2D eigenvalue weighted by Crippen LogP contribution is -2.12. The summed E-state index contributed by atoms with van der Waals surface area (Å²) in [6.07, 6.45) is 1.29. The summed E-state index contributed by atoms with van der Waals surface area (Å²) in [6.45, 7) is 1.24. The number of hydrogen-bond acceptors (Lipinski definition) is 2. The van der Waals surface area contributed by atoms with Crippen LogP contribution in [-0.4, -0.2) is 9.78 Å². The second-order valence-corrected chi connectivity index (χ2v) is 4.17. The number of aryl methyl sites for hydroxylation is 1. The maximum atomic E-state index is 12.5. The molecule has 0 aliphatic heterocycles. The molecule has 1 heterocycles. The molecule has 0 spiro atoms. The molecular formula is C13H15F2N3. The van der Waals surface area contributed by atoms with Gasteiger partial charge >= 0.3 is 0 Å². The van der Waals surface area contributed by atoms with Crippen LogP contribution in [0.5, 0.6) is 0 Å². The van der Waals surface area contributed by atoms with Gasteiger partial charge in [-0.1, -0.05) is 18.2 Å². The van der Waals surface area contributed by atoms with Gasteiger partial charge in [0, 0.05) is 37.5 Å². The Balaban J connectivity index is 1.88. The fraction of sp³-hybridized carbons (Fsp3) is 0.308. The van der Waals surface area contributed by atoms with Crippen molar-refractivity contribution >= 4 is 0 Å². The first kappa shape index (κ1) is 12.7. The smallest absolute Gasteiger partial charge is 0.263 e. The molecule has 0 saturated heterocycles. The topological polar surface area (TPSA) is 29.9 Å². The lowest BCUT2D eigenvalue weighted by Gasteiger charge is -2.05. The Kier molecular flexibility index (Phi) is 4.04. The minimum Gasteiger partial charge on any atom is -0.309 e. The Hall–Kier alpha value is -1.75. The quantitative estimate of drug-likeness (QED) is 0.885. The predicted octanol–water partition coefficient (Wildman–Crippen LogP) is 2.65. The zero-order chi connectivity index (χ0) is 13.0. The van der Waals surface area contributed by atoms with E-state index in [9.17, 15) is 8.78 Å². The van der Waals surface area contributed by atoms with Crippen molar-refractivity contribution < 1.29 is 8.78 Å². The molecule has 0 unspecified atom stereocenters. The highest BCUT2D eigenvalue weighted by Gasteiger charge is 2.06. The van der Waals surface area contributed by atoms with Crippen molar-refractivity contribution in [2.75, 3.05) is 0 Å². The highest BCUT2D eigenvalue weighted by molar-refractivity contribution is 5.24. The van der Waals surface area contributed by atoms with Crippen LogP contribution in [0, 0.1) is 0 Å². The molecule has 2 rings (SSSR count). The molecule has 0 bridgehead atoms. The third-order valence-corrected chi connectivity index (χ3v) is 2.62. The van der Waals surface area contributed by atoms with Crippen LogP contribution in [0.1, 0.15) is 23.1 Å². The van der Waals surface area contributed by atoms with Crippen LogP contribution >= 0.6 is 0 Å². The number of halogens is 2. The molecule has 0 atom stereocenters. The molecule has 0 aliphatic rings. The highest BCUT2D eigenvalue weighted by Crippen LogP contribution is 2.19. The zero-order valence-corrected chi connectivity index (χ0v) is 10.1. The van der Waals surface area contributed by atoms with Gasteiger partial charge in [-0.15, -0.1) is 0 Å². The first-order valence-corrected chi connectivity index (χ1v) is 5.70. The van der Waals surface area contributed by atoms with E-state index in [0.717, 1.165) is 11.1 Å². The van der Waals surface area contributed by atoms with E-state index in [1.165, 1.54) is 12.1 Å². The van der Waals surface area contributed by atoms with E-state index in [-0.39, 0.29) is 5.56 Å². The molecule has 0 fully saturated rings. The summed E-state index contributed by atoms with van der Waals surface area (Å²) in [5.41, 5.74) is 2.00. The van der Waals surface area contributed by atoms with Crippen molar-refractivity contribution in [3.63, 3.8) is 0 Å². The zero-order valence-electron chi connectivity index (χ0n) is 10.1. The van der Waals surface area contributed by atoms with Crippen LogP contribution in [0.2, 0.25) is 0 Å². The molecule has 3 nitrogen and oxygen atoms in total. The average molecular weight is 251 g/mol. The van der Waals surface area contributed by atoms with Gasteiger partial charge in [-0.25, -0.2) is 8.78 Å². The number of nitrogens with zero attached hydrogens (tertiary/aromatic N) is 2. The van der Waals surface area contributed by atoms with Gasteiger partial charge in [-0.2, -0.15) is 5.10 Å². The Labute approximate surface area is 104 Å². The maximum Gasteiger partial charge on any atom is 0.263 e. The van der Waals surface area contributed by atoms with E-state index < -0.39 is 6.43 Å². The van der Waals surface area contributed by atoms with Gasteiger partial charge in [0.2, 0.25) is 0 Å². The average Bonchev–Trinajstić information content (AvgIpc) is 2.75. The largest absolute Gasteiger partial charge is 0.309 e. The molecule has 2 aromatic rings. The summed E-state index contributed by atoms with van der Waals surface area (Å²) in [7, 11) is 1.86. The van der Waals surface area contributed by atoms with Gasteiger partial charge in [0.1, 0.15) is 0 Å². The Morgan fingerprint density at radius 1 is 1.28 bits per heavy atom. The molecular weight excluding hydrogens is 236 g/mol. The minimum absolute atomic E-state index is 0.0654. The standard InChI is InChI=1S/C13H15F2N3/c1-18-9-11(8-17-18)7-16-6-10-3-2-4-12(5-10)13(14)15/h2-5,8-9,13,16H,6-7H2,1H3. The number of nitrogens with one attached hydrogen (secondary N) is 1. The fourth-order valence-corrected chi connectivity index (χ4v) is 1.75. The first-order chi connectivity index (χ1) is 8.65. The first-order valence-electron chi connectivity index (χ1n) is 5.70. The maximum absolute atomic E-state index is 12.5. The van der Waals surface area contributed by atoms with E-state index in [2.05, 4.69) is 10.4 Å². The number of aromatic nitrogens is 2. The van der Waals surface area contributed by atoms with Crippen molar-refractivity contribution in [2.45, 2.75) is 19.5 Å². The van der Waals surface area contributed by atoms with Gasteiger partial charge in [0.15, 0.2) is 0 Å². The lowest BCUT2D eigenvalue weighted by molar-refractivity contribution is 0.151. The molecule has 0 aliphatic carbocycles. The molecule has 18 heavy (non-hydrogen) atoms. The van der Waals surface area contributed by atoms with E-state index in [4.69, 9.17) is 0 Å². The molecule has 1 aromatic carbocycles. The van der Waals surface area contributed by atoms with Crippen molar-refractivity contribution in [2.24, 2.45) is 7.05 Å². The summed E-state index contributed by atoms with van der Waals surface area (Å²) in [5.74, 6) is 0. The SMILES string of the molecule is Cn1cc(CNCc2cccc(C(F)F)c2)cn1. The molecule has 1 N–H and O–H groups in total. The molecule has 5 heteroatoms. The number of rotatable bonds is 5. The van der Waals surface area contributed by atoms with E-state index >= 15 is 0 Å². The minimum atomic E-state index is -2.41. The third-order valence-electron chi connectivity index (χ3n) is 2.62. The number of hydrogen-bond donors (Lipinski definition) is 1. The van der Waals surface area contributed by atoms with Crippen molar-refractivity contribution in [3.8, 4) is 0 Å². The number of benzene rings is 1. The van der Waals surface area contributed by atoms with Crippen LogP contribution in [0.3, 0.4) is 0 Å². The summed E-state index contributed by atoms with van der Waals surface area (Å²) in [5, 5.41) is 7.26. The second-order valence-electron chi connectivity index (χ2n) is 4.17. The summed E-state index contributed by atoms with van der Waals surface area (Å²) < 4.78 is 26.7. The molecule has 0 amide bonds. The van der Waals surface area contributed by atoms with E-state index in [1.807, 2.05) is 19.3 Å². The van der Waals surface area contributed by atoms with Crippen molar-refractivity contribution in [1.82, 2.24) is 15.1 Å². The normalized spacial score (nSPS) is 11.1. The molecule has 1 aromatic heterocycles. The van der Waals surface area contributed by atoms with Gasteiger partial charge < -0.3 is 5.32 Å². The fourth-order valence-electron chi connectivity index (χ4n) is 1.75. The van der Waals surface area contributed by atoms with Gasteiger partial charge in [0.05, 0.1) is 6.20 Å². The Bertz CT molecular complexity index is 508. The Morgan fingerprint density at radius 3 is 2.72 bits per heavy atom. The van der Waals surface area contributed by atoms with Crippen molar-refractivity contribution in [3.05, 3.63) is 53.3 Å². The van der Waals surface area contributed by atoms with Crippen LogP contribution in [-0.2, 0) is 20.1 Å². The van der Waals surface area contributed by atoms with Crippen molar-refractivity contribution in [1.29, 1.82) is 0 Å². The third kappa shape index (κ3) is 3.37. The van der Waals surface area contributed by atoms with Crippen LogP contribution in [0.25, 0.3) is 0 Å². The molecule has 96 valence electrons. The Morgan fingerprint density at radius 2 is 2.06 bits per heavy atom. The van der Waals surface area contributed by atoms with E-state index in [1.54, 1.807) is 16.9 Å². The molecule has 0 radical (unpaired) electrons. The lowest BCUT2D eigenvalue weighted by atomic mass is 10.1. The number of alkyl halides is 2. The summed E-state index contributed by atoms with van der Waals surface area (Å²) >= 11 is 0. The molecule has 0 saturated carbocycles. The van der Waals surface area contributed by atoms with Gasteiger partial charge in [0.25, 0.3) is 6.43 Å². The van der Waals surface area contributed by atoms with Gasteiger partial charge in [-0.05, 0) is 11.6 Å². The van der Waals surface area contributed by atoms with Crippen LogP contribution in [0.15, 0.2) is 36.7 Å².